The summed E-state index contributed by atoms with van der Waals surface area (Å²) in [6, 6.07) is 0. The third kappa shape index (κ3) is 2.42. The third-order valence-electron chi connectivity index (χ3n) is 1.95. The highest BCUT2D eigenvalue weighted by Crippen LogP contribution is 2.24. The first-order valence-electron chi connectivity index (χ1n) is 3.47. The molecule has 0 atom stereocenters. The van der Waals surface area contributed by atoms with Crippen LogP contribution in [0.2, 0.25) is 0 Å². The van der Waals surface area contributed by atoms with Crippen molar-refractivity contribution in [2.75, 3.05) is 0 Å². The predicted molar refractivity (Wildman–Crippen MR) is 42.6 cm³/mol. The maximum atomic E-state index is 9.44. The van der Waals surface area contributed by atoms with Crippen LogP contribution in [0.25, 0.3) is 0 Å². The summed E-state index contributed by atoms with van der Waals surface area (Å²) in [6.07, 6.45) is 4.98. The zero-order chi connectivity index (χ0) is 6.74. The standard InChI is InChI=1S/C6H14N2O.ClH/c7-8-6(9)4-2-1-3-5-6;/h8-9H,1-5,7H2;1H. The summed E-state index contributed by atoms with van der Waals surface area (Å²) in [5.41, 5.74) is 1.68. The molecule has 1 saturated carbocycles. The minimum atomic E-state index is -0.752. The van der Waals surface area contributed by atoms with Gasteiger partial charge in [-0.25, -0.2) is 5.43 Å². The Morgan fingerprint density at radius 3 is 2.00 bits per heavy atom. The molecule has 1 aliphatic carbocycles. The lowest BCUT2D eigenvalue weighted by molar-refractivity contribution is -0.0278. The lowest BCUT2D eigenvalue weighted by Gasteiger charge is -2.30. The van der Waals surface area contributed by atoms with Gasteiger partial charge in [-0.05, 0) is 25.7 Å². The highest BCUT2D eigenvalue weighted by molar-refractivity contribution is 5.85. The van der Waals surface area contributed by atoms with Crippen LogP contribution in [0.4, 0.5) is 0 Å². The van der Waals surface area contributed by atoms with Crippen molar-refractivity contribution in [3.63, 3.8) is 0 Å². The molecule has 0 radical (unpaired) electrons. The first-order valence-corrected chi connectivity index (χ1v) is 3.47. The van der Waals surface area contributed by atoms with Crippen LogP contribution in [0.15, 0.2) is 0 Å². The van der Waals surface area contributed by atoms with E-state index in [1.54, 1.807) is 0 Å². The fraction of sp³-hybridized carbons (Fsp3) is 1.00. The second kappa shape index (κ2) is 4.13. The summed E-state index contributed by atoms with van der Waals surface area (Å²) < 4.78 is 0. The van der Waals surface area contributed by atoms with Crippen LogP contribution in [0.1, 0.15) is 32.1 Å². The van der Waals surface area contributed by atoms with Crippen molar-refractivity contribution < 1.29 is 5.11 Å². The van der Waals surface area contributed by atoms with Crippen molar-refractivity contribution in [1.82, 2.24) is 5.43 Å². The van der Waals surface area contributed by atoms with Crippen LogP contribution >= 0.6 is 12.4 Å². The maximum absolute atomic E-state index is 9.44. The second-order valence-corrected chi connectivity index (χ2v) is 2.74. The lowest BCUT2D eigenvalue weighted by Crippen LogP contribution is -2.50. The first-order chi connectivity index (χ1) is 4.27. The summed E-state index contributed by atoms with van der Waals surface area (Å²) in [7, 11) is 0. The normalized spacial score (nSPS) is 23.4. The molecule has 0 bridgehead atoms. The van der Waals surface area contributed by atoms with Crippen LogP contribution in [0.5, 0.6) is 0 Å². The van der Waals surface area contributed by atoms with E-state index in [1.807, 2.05) is 0 Å². The van der Waals surface area contributed by atoms with Gasteiger partial charge in [0.05, 0.1) is 0 Å². The zero-order valence-corrected chi connectivity index (χ0v) is 6.78. The van der Waals surface area contributed by atoms with Gasteiger partial charge in [-0.1, -0.05) is 6.42 Å². The van der Waals surface area contributed by atoms with Crippen molar-refractivity contribution in [3.8, 4) is 0 Å². The van der Waals surface area contributed by atoms with Crippen LogP contribution in [0, 0.1) is 0 Å². The van der Waals surface area contributed by atoms with Gasteiger partial charge in [0, 0.05) is 0 Å². The first kappa shape index (κ1) is 10.2. The Balaban J connectivity index is 0.000000810. The van der Waals surface area contributed by atoms with Gasteiger partial charge in [-0.3, -0.25) is 5.84 Å². The summed E-state index contributed by atoms with van der Waals surface area (Å²) in [6.45, 7) is 0. The number of nitrogens with one attached hydrogen (secondary N) is 1. The number of halogens is 1. The highest BCUT2D eigenvalue weighted by Gasteiger charge is 2.26. The van der Waals surface area contributed by atoms with Gasteiger partial charge < -0.3 is 5.11 Å². The molecular weight excluding hydrogens is 152 g/mol. The molecule has 0 aromatic heterocycles. The molecule has 0 aliphatic heterocycles. The smallest absolute Gasteiger partial charge is 0.128 e. The molecular formula is C6H15ClN2O. The van der Waals surface area contributed by atoms with E-state index in [0.29, 0.717) is 0 Å². The SMILES string of the molecule is Cl.NNC1(O)CCCCC1. The van der Waals surface area contributed by atoms with E-state index < -0.39 is 5.72 Å². The summed E-state index contributed by atoms with van der Waals surface area (Å²) in [4.78, 5) is 0. The van der Waals surface area contributed by atoms with Crippen molar-refractivity contribution >= 4 is 12.4 Å². The largest absolute Gasteiger partial charge is 0.375 e. The third-order valence-corrected chi connectivity index (χ3v) is 1.95. The van der Waals surface area contributed by atoms with Crippen LogP contribution < -0.4 is 11.3 Å². The Morgan fingerprint density at radius 2 is 1.70 bits per heavy atom. The average molecular weight is 167 g/mol. The molecule has 0 spiro atoms. The predicted octanol–water partition coefficient (Wildman–Crippen LogP) is 0.524. The van der Waals surface area contributed by atoms with Gasteiger partial charge in [-0.2, -0.15) is 0 Å². The molecule has 0 amide bonds. The minimum Gasteiger partial charge on any atom is -0.375 e. The monoisotopic (exact) mass is 166 g/mol. The van der Waals surface area contributed by atoms with Crippen LogP contribution in [-0.2, 0) is 0 Å². The van der Waals surface area contributed by atoms with Gasteiger partial charge in [0.25, 0.3) is 0 Å². The molecule has 0 aromatic rings. The molecule has 0 unspecified atom stereocenters. The number of hydrogen-bond acceptors (Lipinski definition) is 3. The van der Waals surface area contributed by atoms with E-state index in [1.165, 1.54) is 6.42 Å². The number of nitrogens with two attached hydrogens (primary N) is 1. The molecule has 1 aliphatic rings. The summed E-state index contributed by atoms with van der Waals surface area (Å²) in [5, 5.41) is 9.44. The van der Waals surface area contributed by atoms with E-state index in [9.17, 15) is 5.11 Å². The Hall–Kier alpha value is 0.170. The Kier molecular flexibility index (Phi) is 4.20. The van der Waals surface area contributed by atoms with Gasteiger partial charge in [0.15, 0.2) is 0 Å². The Bertz CT molecular complexity index is 93.7. The number of hydrazine groups is 1. The molecule has 10 heavy (non-hydrogen) atoms. The number of hydrogen-bond donors (Lipinski definition) is 3. The summed E-state index contributed by atoms with van der Waals surface area (Å²) >= 11 is 0. The van der Waals surface area contributed by atoms with Gasteiger partial charge >= 0.3 is 0 Å². The van der Waals surface area contributed by atoms with Crippen molar-refractivity contribution in [3.05, 3.63) is 0 Å². The fourth-order valence-electron chi connectivity index (χ4n) is 1.28. The summed E-state index contributed by atoms with van der Waals surface area (Å²) in [5.74, 6) is 5.14. The molecule has 1 rings (SSSR count). The van der Waals surface area contributed by atoms with E-state index in [-0.39, 0.29) is 12.4 Å². The van der Waals surface area contributed by atoms with E-state index in [0.717, 1.165) is 25.7 Å². The van der Waals surface area contributed by atoms with Gasteiger partial charge in [0.2, 0.25) is 0 Å². The number of rotatable bonds is 1. The molecule has 3 nitrogen and oxygen atoms in total. The molecule has 62 valence electrons. The number of aliphatic hydroxyl groups is 1. The highest BCUT2D eigenvalue weighted by atomic mass is 35.5. The zero-order valence-electron chi connectivity index (χ0n) is 5.97. The van der Waals surface area contributed by atoms with Gasteiger partial charge in [-0.15, -0.1) is 12.4 Å². The Labute approximate surface area is 67.4 Å². The molecule has 1 fully saturated rings. The molecule has 0 saturated heterocycles. The molecule has 0 heterocycles. The van der Waals surface area contributed by atoms with Crippen molar-refractivity contribution in [2.24, 2.45) is 5.84 Å². The van der Waals surface area contributed by atoms with Crippen molar-refractivity contribution in [2.45, 2.75) is 37.8 Å². The topological polar surface area (TPSA) is 58.3 Å². The van der Waals surface area contributed by atoms with E-state index in [4.69, 9.17) is 5.84 Å². The van der Waals surface area contributed by atoms with E-state index >= 15 is 0 Å². The second-order valence-electron chi connectivity index (χ2n) is 2.74. The fourth-order valence-corrected chi connectivity index (χ4v) is 1.28. The Morgan fingerprint density at radius 1 is 1.20 bits per heavy atom. The van der Waals surface area contributed by atoms with Gasteiger partial charge in [0.1, 0.15) is 5.72 Å². The van der Waals surface area contributed by atoms with E-state index in [2.05, 4.69) is 5.43 Å². The van der Waals surface area contributed by atoms with Crippen LogP contribution in [-0.4, -0.2) is 10.8 Å². The quantitative estimate of drug-likeness (QED) is 0.303. The minimum absolute atomic E-state index is 0. The molecule has 4 N–H and O–H groups in total. The van der Waals surface area contributed by atoms with Crippen molar-refractivity contribution in [1.29, 1.82) is 0 Å². The van der Waals surface area contributed by atoms with Crippen LogP contribution in [0.3, 0.4) is 0 Å². The lowest BCUT2D eigenvalue weighted by atomic mass is 9.92. The maximum Gasteiger partial charge on any atom is 0.128 e. The molecule has 0 aromatic carbocycles. The average Bonchev–Trinajstić information content (AvgIpc) is 1.90. The molecule has 4 heteroatoms.